The Morgan fingerprint density at radius 1 is 0.362 bits per heavy atom. The van der Waals surface area contributed by atoms with Crippen LogP contribution in [-0.4, -0.2) is 0 Å². The molecule has 0 atom stereocenters. The van der Waals surface area contributed by atoms with Gasteiger partial charge >= 0.3 is 0 Å². The van der Waals surface area contributed by atoms with E-state index in [1.165, 1.54) is 109 Å². The molecule has 58 heavy (non-hydrogen) atoms. The Morgan fingerprint density at radius 3 is 1.57 bits per heavy atom. The van der Waals surface area contributed by atoms with Gasteiger partial charge in [0.15, 0.2) is 0 Å². The summed E-state index contributed by atoms with van der Waals surface area (Å²) in [6.07, 6.45) is 0. The fraction of sp³-hybridized carbons (Fsp3) is 0.107. The third-order valence-corrected chi connectivity index (χ3v) is 14.6. The molecule has 9 aromatic carbocycles. The van der Waals surface area contributed by atoms with Crippen molar-refractivity contribution in [2.24, 2.45) is 0 Å². The number of nitrogens with zero attached hydrogens (tertiary/aromatic N) is 1. The average molecular weight is 760 g/mol. The Labute approximate surface area is 343 Å². The molecule has 0 fully saturated rings. The van der Waals surface area contributed by atoms with Crippen molar-refractivity contribution in [1.29, 1.82) is 0 Å². The third kappa shape index (κ3) is 4.70. The van der Waals surface area contributed by atoms with Crippen molar-refractivity contribution in [3.8, 4) is 33.4 Å². The first-order valence-electron chi connectivity index (χ1n) is 20.4. The minimum atomic E-state index is -0.0945. The minimum absolute atomic E-state index is 0.0945. The van der Waals surface area contributed by atoms with Crippen LogP contribution in [0.25, 0.3) is 75.1 Å². The molecule has 0 spiro atoms. The van der Waals surface area contributed by atoms with Gasteiger partial charge in [-0.15, -0.1) is 11.3 Å². The van der Waals surface area contributed by atoms with Gasteiger partial charge in [-0.25, -0.2) is 0 Å². The molecule has 2 aliphatic rings. The van der Waals surface area contributed by atoms with E-state index < -0.39 is 0 Å². The van der Waals surface area contributed by atoms with Crippen LogP contribution in [0.1, 0.15) is 49.9 Å². The van der Waals surface area contributed by atoms with Crippen LogP contribution >= 0.6 is 11.3 Å². The molecule has 0 saturated carbocycles. The predicted octanol–water partition coefficient (Wildman–Crippen LogP) is 16.1. The predicted molar refractivity (Wildman–Crippen MR) is 250 cm³/mol. The highest BCUT2D eigenvalue weighted by Gasteiger charge is 2.37. The fourth-order valence-electron chi connectivity index (χ4n) is 10.5. The van der Waals surface area contributed by atoms with Crippen molar-refractivity contribution in [2.45, 2.75) is 38.5 Å². The SMILES string of the molecule is CC1(C)c2ccccc2-c2ccc(N(c3ccc(-c4ccc5c(ccc6ccc7sc8ccccc8c7c65)c4)cc3)c3ccc4c(c3)C(C)(C)c3ccccc3-4)cc21. The van der Waals surface area contributed by atoms with Gasteiger partial charge < -0.3 is 4.90 Å². The zero-order valence-corrected chi connectivity index (χ0v) is 33.9. The van der Waals surface area contributed by atoms with Crippen LogP contribution in [0.4, 0.5) is 17.1 Å². The maximum Gasteiger partial charge on any atom is 0.0465 e. The summed E-state index contributed by atoms with van der Waals surface area (Å²) in [5, 5.41) is 7.93. The molecule has 276 valence electrons. The lowest BCUT2D eigenvalue weighted by Gasteiger charge is -2.30. The summed E-state index contributed by atoms with van der Waals surface area (Å²) < 4.78 is 2.69. The Bertz CT molecular complexity index is 3240. The summed E-state index contributed by atoms with van der Waals surface area (Å²) >= 11 is 1.89. The Morgan fingerprint density at radius 2 is 0.897 bits per heavy atom. The number of anilines is 3. The number of rotatable bonds is 4. The summed E-state index contributed by atoms with van der Waals surface area (Å²) in [5.41, 5.74) is 16.6. The number of hydrogen-bond acceptors (Lipinski definition) is 2. The molecule has 0 radical (unpaired) electrons. The molecule has 0 amide bonds. The maximum absolute atomic E-state index is 2.46. The van der Waals surface area contributed by atoms with Crippen LogP contribution in [0, 0.1) is 0 Å². The van der Waals surface area contributed by atoms with Gasteiger partial charge in [0, 0.05) is 48.1 Å². The van der Waals surface area contributed by atoms with E-state index >= 15 is 0 Å². The maximum atomic E-state index is 2.46. The highest BCUT2D eigenvalue weighted by atomic mass is 32.1. The van der Waals surface area contributed by atoms with Crippen molar-refractivity contribution >= 4 is 70.1 Å². The third-order valence-electron chi connectivity index (χ3n) is 13.4. The molecule has 10 aromatic rings. The van der Waals surface area contributed by atoms with Crippen LogP contribution in [0.3, 0.4) is 0 Å². The topological polar surface area (TPSA) is 3.24 Å². The number of benzene rings is 9. The van der Waals surface area contributed by atoms with Gasteiger partial charge in [0.2, 0.25) is 0 Å². The quantitative estimate of drug-likeness (QED) is 0.162. The zero-order chi connectivity index (χ0) is 38.9. The normalized spacial score (nSPS) is 14.5. The molecule has 0 bridgehead atoms. The summed E-state index contributed by atoms with van der Waals surface area (Å²) in [5.74, 6) is 0. The number of fused-ring (bicyclic) bond motifs is 13. The standard InChI is InChI=1S/C56H41NS/c1-55(2)47-14-8-5-11-42(47)44-28-25-39(32-49(44)55)57(40-26-29-45-43-12-6-9-15-48(43)56(3,4)50(45)33-40)38-23-19-34(20-24-38)36-21-27-41-37(31-36)18-17-35-22-30-52-54(53(35)41)46-13-7-10-16-51(46)58-52/h5-33H,1-4H3. The molecule has 1 heterocycles. The first-order valence-corrected chi connectivity index (χ1v) is 21.2. The van der Waals surface area contributed by atoms with Gasteiger partial charge in [-0.1, -0.05) is 149 Å². The minimum Gasteiger partial charge on any atom is -0.310 e. The first-order chi connectivity index (χ1) is 28.3. The lowest BCUT2D eigenvalue weighted by Crippen LogP contribution is -2.18. The molecule has 1 aromatic heterocycles. The highest BCUT2D eigenvalue weighted by molar-refractivity contribution is 7.26. The molecular weight excluding hydrogens is 719 g/mol. The molecule has 0 saturated heterocycles. The molecule has 0 N–H and O–H groups in total. The first kappa shape index (κ1) is 33.6. The summed E-state index contributed by atoms with van der Waals surface area (Å²) in [6.45, 7) is 9.47. The van der Waals surface area contributed by atoms with E-state index in [4.69, 9.17) is 0 Å². The second kappa shape index (κ2) is 12.0. The van der Waals surface area contributed by atoms with Crippen molar-refractivity contribution in [3.63, 3.8) is 0 Å². The number of hydrogen-bond donors (Lipinski definition) is 0. The van der Waals surface area contributed by atoms with Crippen LogP contribution < -0.4 is 4.90 Å². The lowest BCUT2D eigenvalue weighted by molar-refractivity contribution is 0.660. The Kier molecular flexibility index (Phi) is 6.97. The van der Waals surface area contributed by atoms with Gasteiger partial charge in [-0.3, -0.25) is 0 Å². The molecular formula is C56H41NS. The molecule has 0 aliphatic heterocycles. The van der Waals surface area contributed by atoms with E-state index in [0.717, 1.165) is 5.69 Å². The van der Waals surface area contributed by atoms with Crippen molar-refractivity contribution in [2.75, 3.05) is 4.90 Å². The van der Waals surface area contributed by atoms with Crippen LogP contribution in [0.15, 0.2) is 176 Å². The molecule has 1 nitrogen and oxygen atoms in total. The smallest absolute Gasteiger partial charge is 0.0465 e. The second-order valence-corrected chi connectivity index (χ2v) is 18.4. The molecule has 2 heteroatoms. The van der Waals surface area contributed by atoms with Crippen LogP contribution in [0.5, 0.6) is 0 Å². The molecule has 12 rings (SSSR count). The average Bonchev–Trinajstić information content (AvgIpc) is 3.83. The van der Waals surface area contributed by atoms with E-state index in [9.17, 15) is 0 Å². The van der Waals surface area contributed by atoms with Gasteiger partial charge in [0.25, 0.3) is 0 Å². The zero-order valence-electron chi connectivity index (χ0n) is 33.1. The Hall–Kier alpha value is -6.48. The van der Waals surface area contributed by atoms with E-state index in [-0.39, 0.29) is 10.8 Å². The fourth-order valence-corrected chi connectivity index (χ4v) is 11.6. The van der Waals surface area contributed by atoms with Gasteiger partial charge in [0.1, 0.15) is 0 Å². The monoisotopic (exact) mass is 759 g/mol. The summed E-state index contributed by atoms with van der Waals surface area (Å²) in [7, 11) is 0. The van der Waals surface area contributed by atoms with E-state index in [1.54, 1.807) is 0 Å². The molecule has 0 unspecified atom stereocenters. The number of thiophene rings is 1. The van der Waals surface area contributed by atoms with Crippen LogP contribution in [0.2, 0.25) is 0 Å². The highest BCUT2D eigenvalue weighted by Crippen LogP contribution is 2.53. The van der Waals surface area contributed by atoms with E-state index in [1.807, 2.05) is 11.3 Å². The van der Waals surface area contributed by atoms with Crippen molar-refractivity contribution < 1.29 is 0 Å². The van der Waals surface area contributed by atoms with Crippen LogP contribution in [-0.2, 0) is 10.8 Å². The van der Waals surface area contributed by atoms with Gasteiger partial charge in [-0.05, 0) is 132 Å². The van der Waals surface area contributed by atoms with Crippen molar-refractivity contribution in [1.82, 2.24) is 0 Å². The largest absolute Gasteiger partial charge is 0.310 e. The summed E-state index contributed by atoms with van der Waals surface area (Å²) in [6, 6.07) is 66.3. The lowest BCUT2D eigenvalue weighted by atomic mass is 9.82. The molecule has 2 aliphatic carbocycles. The van der Waals surface area contributed by atoms with Crippen molar-refractivity contribution in [3.05, 3.63) is 198 Å². The van der Waals surface area contributed by atoms with Gasteiger partial charge in [0.05, 0.1) is 0 Å². The Balaban J connectivity index is 0.984. The summed E-state index contributed by atoms with van der Waals surface area (Å²) in [4.78, 5) is 2.46. The van der Waals surface area contributed by atoms with E-state index in [2.05, 4.69) is 209 Å². The van der Waals surface area contributed by atoms with Gasteiger partial charge in [-0.2, -0.15) is 0 Å². The van der Waals surface area contributed by atoms with E-state index in [0.29, 0.717) is 0 Å². The second-order valence-electron chi connectivity index (χ2n) is 17.3.